The SMILES string of the molecule is CCCC1(CNS(=O)(=O)c2cc(Br)ccc2OC)CC1. The number of hydrogen-bond donors (Lipinski definition) is 1. The lowest BCUT2D eigenvalue weighted by molar-refractivity contribution is 0.401. The van der Waals surface area contributed by atoms with Crippen molar-refractivity contribution in [3.05, 3.63) is 22.7 Å². The van der Waals surface area contributed by atoms with Gasteiger partial charge in [0.1, 0.15) is 10.6 Å². The van der Waals surface area contributed by atoms with Gasteiger partial charge in [-0.05, 0) is 42.9 Å². The topological polar surface area (TPSA) is 55.4 Å². The van der Waals surface area contributed by atoms with Crippen LogP contribution in [0.15, 0.2) is 27.6 Å². The van der Waals surface area contributed by atoms with Crippen molar-refractivity contribution in [1.82, 2.24) is 4.72 Å². The lowest BCUT2D eigenvalue weighted by Gasteiger charge is -2.16. The third kappa shape index (κ3) is 3.54. The third-order valence-corrected chi connectivity index (χ3v) is 5.71. The van der Waals surface area contributed by atoms with Gasteiger partial charge < -0.3 is 4.74 Å². The summed E-state index contributed by atoms with van der Waals surface area (Å²) >= 11 is 3.30. The summed E-state index contributed by atoms with van der Waals surface area (Å²) in [5.74, 6) is 0.362. The fourth-order valence-electron chi connectivity index (χ4n) is 2.41. The van der Waals surface area contributed by atoms with E-state index >= 15 is 0 Å². The fraction of sp³-hybridized carbons (Fsp3) is 0.571. The summed E-state index contributed by atoms with van der Waals surface area (Å²) in [5, 5.41) is 0. The van der Waals surface area contributed by atoms with Gasteiger partial charge >= 0.3 is 0 Å². The molecule has 1 N–H and O–H groups in total. The molecule has 0 spiro atoms. The van der Waals surface area contributed by atoms with Crippen molar-refractivity contribution in [2.75, 3.05) is 13.7 Å². The summed E-state index contributed by atoms with van der Waals surface area (Å²) < 4.78 is 33.5. The molecule has 1 aliphatic rings. The van der Waals surface area contributed by atoms with Crippen LogP contribution in [0.2, 0.25) is 0 Å². The van der Waals surface area contributed by atoms with Crippen LogP contribution in [0.3, 0.4) is 0 Å². The van der Waals surface area contributed by atoms with Gasteiger partial charge in [-0.1, -0.05) is 29.3 Å². The summed E-state index contributed by atoms with van der Waals surface area (Å²) in [7, 11) is -2.07. The largest absolute Gasteiger partial charge is 0.495 e. The van der Waals surface area contributed by atoms with Crippen LogP contribution in [0, 0.1) is 5.41 Å². The predicted molar refractivity (Wildman–Crippen MR) is 82.5 cm³/mol. The minimum Gasteiger partial charge on any atom is -0.495 e. The molecule has 0 aromatic heterocycles. The Morgan fingerprint density at radius 2 is 2.10 bits per heavy atom. The van der Waals surface area contributed by atoms with Crippen LogP contribution in [-0.4, -0.2) is 22.1 Å². The van der Waals surface area contributed by atoms with E-state index in [-0.39, 0.29) is 10.3 Å². The number of ether oxygens (including phenoxy) is 1. The van der Waals surface area contributed by atoms with E-state index < -0.39 is 10.0 Å². The third-order valence-electron chi connectivity index (χ3n) is 3.79. The van der Waals surface area contributed by atoms with Gasteiger partial charge in [0.25, 0.3) is 0 Å². The molecule has 0 radical (unpaired) electrons. The molecule has 1 aromatic carbocycles. The highest BCUT2D eigenvalue weighted by molar-refractivity contribution is 9.10. The van der Waals surface area contributed by atoms with Gasteiger partial charge in [0.05, 0.1) is 7.11 Å². The maximum absolute atomic E-state index is 12.4. The molecule has 0 atom stereocenters. The van der Waals surface area contributed by atoms with E-state index in [1.165, 1.54) is 7.11 Å². The normalized spacial score (nSPS) is 16.9. The van der Waals surface area contributed by atoms with E-state index in [4.69, 9.17) is 4.74 Å². The molecule has 1 fully saturated rings. The number of sulfonamides is 1. The maximum atomic E-state index is 12.4. The zero-order chi connectivity index (χ0) is 14.8. The van der Waals surface area contributed by atoms with E-state index in [2.05, 4.69) is 27.6 Å². The molecule has 0 heterocycles. The first-order chi connectivity index (χ1) is 9.42. The molecule has 6 heteroatoms. The molecule has 112 valence electrons. The summed E-state index contributed by atoms with van der Waals surface area (Å²) in [6, 6.07) is 4.98. The number of methoxy groups -OCH3 is 1. The molecule has 0 aliphatic heterocycles. The van der Waals surface area contributed by atoms with E-state index in [0.717, 1.165) is 25.7 Å². The highest BCUT2D eigenvalue weighted by Gasteiger charge is 2.42. The second kappa shape index (κ2) is 6.03. The Kier molecular flexibility index (Phi) is 4.76. The van der Waals surface area contributed by atoms with Crippen LogP contribution >= 0.6 is 15.9 Å². The Bertz CT molecular complexity index is 582. The van der Waals surface area contributed by atoms with E-state index in [0.29, 0.717) is 16.8 Å². The molecule has 0 bridgehead atoms. The average Bonchev–Trinajstić information content (AvgIpc) is 3.17. The Balaban J connectivity index is 2.16. The molecule has 1 saturated carbocycles. The summed E-state index contributed by atoms with van der Waals surface area (Å²) in [6.07, 6.45) is 4.38. The molecular weight excluding hydrogens is 342 g/mol. The molecule has 20 heavy (non-hydrogen) atoms. The van der Waals surface area contributed by atoms with Crippen molar-refractivity contribution in [2.45, 2.75) is 37.5 Å². The van der Waals surface area contributed by atoms with Crippen LogP contribution in [0.25, 0.3) is 0 Å². The minimum atomic E-state index is -3.54. The molecule has 0 amide bonds. The lowest BCUT2D eigenvalue weighted by Crippen LogP contribution is -2.30. The zero-order valence-electron chi connectivity index (χ0n) is 11.8. The van der Waals surface area contributed by atoms with Crippen molar-refractivity contribution in [3.63, 3.8) is 0 Å². The highest BCUT2D eigenvalue weighted by atomic mass is 79.9. The van der Waals surface area contributed by atoms with Gasteiger partial charge in [-0.3, -0.25) is 0 Å². The summed E-state index contributed by atoms with van der Waals surface area (Å²) in [4.78, 5) is 0.182. The average molecular weight is 362 g/mol. The second-order valence-corrected chi connectivity index (χ2v) is 8.02. The van der Waals surface area contributed by atoms with Gasteiger partial charge in [-0.15, -0.1) is 0 Å². The van der Waals surface area contributed by atoms with Gasteiger partial charge in [0.15, 0.2) is 0 Å². The number of rotatable bonds is 7. The first-order valence-electron chi connectivity index (χ1n) is 6.76. The van der Waals surface area contributed by atoms with Crippen LogP contribution in [0.1, 0.15) is 32.6 Å². The quantitative estimate of drug-likeness (QED) is 0.810. The smallest absolute Gasteiger partial charge is 0.244 e. The minimum absolute atomic E-state index is 0.182. The Labute approximate surface area is 129 Å². The second-order valence-electron chi connectivity index (χ2n) is 5.37. The number of nitrogens with one attached hydrogen (secondary N) is 1. The van der Waals surface area contributed by atoms with Crippen molar-refractivity contribution >= 4 is 26.0 Å². The first-order valence-corrected chi connectivity index (χ1v) is 9.03. The molecule has 2 rings (SSSR count). The van der Waals surface area contributed by atoms with Gasteiger partial charge in [-0.25, -0.2) is 13.1 Å². The van der Waals surface area contributed by atoms with Gasteiger partial charge in [-0.2, -0.15) is 0 Å². The summed E-state index contributed by atoms with van der Waals surface area (Å²) in [6.45, 7) is 2.64. The van der Waals surface area contributed by atoms with Crippen LogP contribution in [0.4, 0.5) is 0 Å². The maximum Gasteiger partial charge on any atom is 0.244 e. The van der Waals surface area contributed by atoms with Crippen LogP contribution < -0.4 is 9.46 Å². The lowest BCUT2D eigenvalue weighted by atomic mass is 10.0. The van der Waals surface area contributed by atoms with E-state index in [1.807, 2.05) is 0 Å². The Morgan fingerprint density at radius 1 is 1.40 bits per heavy atom. The zero-order valence-corrected chi connectivity index (χ0v) is 14.2. The van der Waals surface area contributed by atoms with E-state index in [1.54, 1.807) is 18.2 Å². The molecule has 4 nitrogen and oxygen atoms in total. The van der Waals surface area contributed by atoms with Gasteiger partial charge in [0, 0.05) is 11.0 Å². The molecular formula is C14H20BrNO3S. The highest BCUT2D eigenvalue weighted by Crippen LogP contribution is 2.49. The number of benzene rings is 1. The van der Waals surface area contributed by atoms with Crippen LogP contribution in [0.5, 0.6) is 5.75 Å². The number of halogens is 1. The van der Waals surface area contributed by atoms with Crippen molar-refractivity contribution in [2.24, 2.45) is 5.41 Å². The van der Waals surface area contributed by atoms with Crippen molar-refractivity contribution in [3.8, 4) is 5.75 Å². The van der Waals surface area contributed by atoms with Crippen molar-refractivity contribution < 1.29 is 13.2 Å². The predicted octanol–water partition coefficient (Wildman–Crippen LogP) is 3.32. The molecule has 1 aromatic rings. The monoisotopic (exact) mass is 361 g/mol. The molecule has 0 saturated heterocycles. The van der Waals surface area contributed by atoms with Gasteiger partial charge in [0.2, 0.25) is 10.0 Å². The Hall–Kier alpha value is -0.590. The van der Waals surface area contributed by atoms with Crippen molar-refractivity contribution in [1.29, 1.82) is 0 Å². The Morgan fingerprint density at radius 3 is 2.65 bits per heavy atom. The van der Waals surface area contributed by atoms with Crippen LogP contribution in [-0.2, 0) is 10.0 Å². The first kappa shape index (κ1) is 15.8. The standard InChI is InChI=1S/C14H20BrNO3S/c1-3-6-14(7-8-14)10-16-20(17,18)13-9-11(15)4-5-12(13)19-2/h4-5,9,16H,3,6-8,10H2,1-2H3. The summed E-state index contributed by atoms with van der Waals surface area (Å²) in [5.41, 5.74) is 0.182. The molecule has 0 unspecified atom stereocenters. The molecule has 1 aliphatic carbocycles. The van der Waals surface area contributed by atoms with E-state index in [9.17, 15) is 8.42 Å². The number of hydrogen-bond acceptors (Lipinski definition) is 3. The fourth-order valence-corrected chi connectivity index (χ4v) is 4.27.